The molecule has 170 valence electrons. The summed E-state index contributed by atoms with van der Waals surface area (Å²) in [4.78, 5) is 14.6. The molecule has 1 fully saturated rings. The van der Waals surface area contributed by atoms with Crippen LogP contribution in [0.4, 0.5) is 5.69 Å². The number of aryl methyl sites for hydroxylation is 2. The number of nitrogens with zero attached hydrogens (tertiary/aromatic N) is 1. The minimum Gasteiger partial charge on any atom is -0.312 e. The Bertz CT molecular complexity index is 1310. The molecule has 0 saturated heterocycles. The van der Waals surface area contributed by atoms with E-state index in [0.717, 1.165) is 46.3 Å². The van der Waals surface area contributed by atoms with Gasteiger partial charge in [0.05, 0.1) is 10.9 Å². The monoisotopic (exact) mass is 460 g/mol. The minimum absolute atomic E-state index is 0.144. The molecule has 5 nitrogen and oxygen atoms in total. The number of carbonyl (C=O) groups excluding carboxylic acids is 1. The molecule has 6 heteroatoms. The van der Waals surface area contributed by atoms with Crippen LogP contribution in [0.3, 0.4) is 0 Å². The van der Waals surface area contributed by atoms with Crippen molar-refractivity contribution in [3.8, 4) is 0 Å². The molecule has 1 atom stereocenters. The molecule has 0 spiro atoms. The summed E-state index contributed by atoms with van der Waals surface area (Å²) in [5.41, 5.74) is 5.74. The van der Waals surface area contributed by atoms with Crippen molar-refractivity contribution in [2.75, 3.05) is 11.4 Å². The zero-order valence-electron chi connectivity index (χ0n) is 18.9. The average molecular weight is 461 g/mol. The Hall–Kier alpha value is -2.96. The SMILES string of the molecule is Cc1ccc(C(NS(=O)(=O)c2ccc3c(c2)CCN3C(=O)C2CC2)c2ccccc2)c(C)c1. The van der Waals surface area contributed by atoms with E-state index in [1.54, 1.807) is 18.2 Å². The maximum absolute atomic E-state index is 13.5. The van der Waals surface area contributed by atoms with Gasteiger partial charge in [-0.25, -0.2) is 8.42 Å². The normalized spacial score (nSPS) is 16.5. The van der Waals surface area contributed by atoms with Gasteiger partial charge in [0, 0.05) is 18.2 Å². The first-order valence-electron chi connectivity index (χ1n) is 11.4. The van der Waals surface area contributed by atoms with Crippen LogP contribution >= 0.6 is 0 Å². The van der Waals surface area contributed by atoms with Gasteiger partial charge in [0.25, 0.3) is 0 Å². The van der Waals surface area contributed by atoms with E-state index in [9.17, 15) is 13.2 Å². The number of amides is 1. The maximum atomic E-state index is 13.5. The largest absolute Gasteiger partial charge is 0.312 e. The minimum atomic E-state index is -3.80. The molecule has 1 N–H and O–H groups in total. The fourth-order valence-corrected chi connectivity index (χ4v) is 5.91. The summed E-state index contributed by atoms with van der Waals surface area (Å²) in [6.45, 7) is 4.66. The summed E-state index contributed by atoms with van der Waals surface area (Å²) in [5.74, 6) is 0.312. The summed E-state index contributed by atoms with van der Waals surface area (Å²) in [7, 11) is -3.80. The first-order valence-corrected chi connectivity index (χ1v) is 12.9. The highest BCUT2D eigenvalue weighted by atomic mass is 32.2. The van der Waals surface area contributed by atoms with Crippen LogP contribution in [0.25, 0.3) is 0 Å². The number of nitrogens with one attached hydrogen (secondary N) is 1. The van der Waals surface area contributed by atoms with Gasteiger partial charge < -0.3 is 4.90 Å². The molecule has 0 radical (unpaired) electrons. The van der Waals surface area contributed by atoms with Gasteiger partial charge in [-0.3, -0.25) is 4.79 Å². The van der Waals surface area contributed by atoms with Gasteiger partial charge in [0.2, 0.25) is 15.9 Å². The van der Waals surface area contributed by atoms with Gasteiger partial charge in [-0.05, 0) is 73.6 Å². The topological polar surface area (TPSA) is 66.5 Å². The Balaban J connectivity index is 1.48. The quantitative estimate of drug-likeness (QED) is 0.581. The van der Waals surface area contributed by atoms with Crippen molar-refractivity contribution in [1.29, 1.82) is 0 Å². The third-order valence-electron chi connectivity index (χ3n) is 6.59. The Labute approximate surface area is 195 Å². The van der Waals surface area contributed by atoms with Crippen LogP contribution in [0.5, 0.6) is 0 Å². The molecule has 0 bridgehead atoms. The molecule has 1 aliphatic carbocycles. The van der Waals surface area contributed by atoms with Gasteiger partial charge in [0.1, 0.15) is 0 Å². The van der Waals surface area contributed by atoms with Crippen LogP contribution in [-0.2, 0) is 21.2 Å². The van der Waals surface area contributed by atoms with Crippen LogP contribution in [0.2, 0.25) is 0 Å². The van der Waals surface area contributed by atoms with Crippen molar-refractivity contribution >= 4 is 21.6 Å². The molecular weight excluding hydrogens is 432 g/mol. The lowest BCUT2D eigenvalue weighted by Crippen LogP contribution is -2.30. The lowest BCUT2D eigenvalue weighted by molar-refractivity contribution is -0.119. The summed E-state index contributed by atoms with van der Waals surface area (Å²) in [5, 5.41) is 0. The van der Waals surface area contributed by atoms with E-state index in [-0.39, 0.29) is 16.7 Å². The fraction of sp³-hybridized carbons (Fsp3) is 0.296. The standard InChI is InChI=1S/C27H28N2O3S/c1-18-8-12-24(19(2)16-18)26(20-6-4-3-5-7-20)28-33(31,32)23-11-13-25-22(17-23)14-15-29(25)27(30)21-9-10-21/h3-8,11-13,16-17,21,26,28H,9-10,14-15H2,1-2H3. The van der Waals surface area contributed by atoms with Crippen LogP contribution in [-0.4, -0.2) is 20.9 Å². The zero-order valence-corrected chi connectivity index (χ0v) is 19.7. The van der Waals surface area contributed by atoms with Crippen molar-refractivity contribution < 1.29 is 13.2 Å². The third kappa shape index (κ3) is 4.33. The predicted molar refractivity (Wildman–Crippen MR) is 130 cm³/mol. The molecule has 1 amide bonds. The van der Waals surface area contributed by atoms with Crippen LogP contribution < -0.4 is 9.62 Å². The van der Waals surface area contributed by atoms with Crippen LogP contribution in [0.1, 0.15) is 46.7 Å². The summed E-state index contributed by atoms with van der Waals surface area (Å²) < 4.78 is 30.0. The van der Waals surface area contributed by atoms with E-state index in [1.807, 2.05) is 61.2 Å². The summed E-state index contributed by atoms with van der Waals surface area (Å²) >= 11 is 0. The predicted octanol–water partition coefficient (Wildman–Crippen LogP) is 4.67. The zero-order chi connectivity index (χ0) is 23.2. The van der Waals surface area contributed by atoms with Gasteiger partial charge in [-0.15, -0.1) is 0 Å². The van der Waals surface area contributed by atoms with Gasteiger partial charge in [0.15, 0.2) is 0 Å². The second kappa shape index (κ2) is 8.43. The Kier molecular flexibility index (Phi) is 5.59. The first-order chi connectivity index (χ1) is 15.8. The number of carbonyl (C=O) groups is 1. The number of hydrogen-bond acceptors (Lipinski definition) is 3. The molecule has 3 aromatic carbocycles. The number of anilines is 1. The fourth-order valence-electron chi connectivity index (χ4n) is 4.65. The van der Waals surface area contributed by atoms with E-state index in [4.69, 9.17) is 0 Å². The number of rotatable bonds is 6. The molecule has 5 rings (SSSR count). The number of sulfonamides is 1. The Morgan fingerprint density at radius 2 is 1.76 bits per heavy atom. The van der Waals surface area contributed by atoms with E-state index in [1.165, 1.54) is 0 Å². The molecule has 0 aromatic heterocycles. The Morgan fingerprint density at radius 3 is 2.45 bits per heavy atom. The van der Waals surface area contributed by atoms with Crippen molar-refractivity contribution in [3.05, 3.63) is 94.5 Å². The molecule has 1 unspecified atom stereocenters. The Morgan fingerprint density at radius 1 is 1.00 bits per heavy atom. The number of hydrogen-bond donors (Lipinski definition) is 1. The van der Waals surface area contributed by atoms with E-state index >= 15 is 0 Å². The van der Waals surface area contributed by atoms with Gasteiger partial charge in [-0.1, -0.05) is 54.1 Å². The van der Waals surface area contributed by atoms with Crippen LogP contribution in [0, 0.1) is 19.8 Å². The molecule has 1 heterocycles. The lowest BCUT2D eigenvalue weighted by atomic mass is 9.95. The van der Waals surface area contributed by atoms with Crippen molar-refractivity contribution in [3.63, 3.8) is 0 Å². The van der Waals surface area contributed by atoms with E-state index < -0.39 is 16.1 Å². The van der Waals surface area contributed by atoms with Gasteiger partial charge in [-0.2, -0.15) is 4.72 Å². The average Bonchev–Trinajstić information content (AvgIpc) is 3.57. The maximum Gasteiger partial charge on any atom is 0.241 e. The number of benzene rings is 3. The molecule has 1 aliphatic heterocycles. The number of fused-ring (bicyclic) bond motifs is 1. The highest BCUT2D eigenvalue weighted by molar-refractivity contribution is 7.89. The second-order valence-corrected chi connectivity index (χ2v) is 10.8. The van der Waals surface area contributed by atoms with E-state index in [2.05, 4.69) is 10.8 Å². The highest BCUT2D eigenvalue weighted by Crippen LogP contribution is 2.37. The molecule has 2 aliphatic rings. The van der Waals surface area contributed by atoms with Crippen LogP contribution in [0.15, 0.2) is 71.6 Å². The highest BCUT2D eigenvalue weighted by Gasteiger charge is 2.37. The van der Waals surface area contributed by atoms with E-state index in [0.29, 0.717) is 13.0 Å². The molecule has 3 aromatic rings. The smallest absolute Gasteiger partial charge is 0.241 e. The molecular formula is C27H28N2O3S. The van der Waals surface area contributed by atoms with Crippen molar-refractivity contribution in [2.45, 2.75) is 44.0 Å². The second-order valence-electron chi connectivity index (χ2n) is 9.13. The molecule has 33 heavy (non-hydrogen) atoms. The van der Waals surface area contributed by atoms with Crippen molar-refractivity contribution in [1.82, 2.24) is 4.72 Å². The third-order valence-corrected chi connectivity index (χ3v) is 8.01. The summed E-state index contributed by atoms with van der Waals surface area (Å²) in [6.07, 6.45) is 2.59. The summed E-state index contributed by atoms with van der Waals surface area (Å²) in [6, 6.07) is 20.3. The van der Waals surface area contributed by atoms with Crippen molar-refractivity contribution in [2.24, 2.45) is 5.92 Å². The first kappa shape index (κ1) is 21.9. The van der Waals surface area contributed by atoms with Gasteiger partial charge >= 0.3 is 0 Å². The lowest BCUT2D eigenvalue weighted by Gasteiger charge is -2.22. The molecule has 1 saturated carbocycles.